The lowest BCUT2D eigenvalue weighted by atomic mass is 10.0. The minimum Gasteiger partial charge on any atom is -0.386 e. The molecule has 0 aliphatic rings. The molecule has 0 atom stereocenters. The molecule has 0 saturated carbocycles. The third-order valence-corrected chi connectivity index (χ3v) is 5.05. The van der Waals surface area contributed by atoms with Gasteiger partial charge in [-0.05, 0) is 75.6 Å². The molecule has 0 aliphatic heterocycles. The highest BCUT2D eigenvalue weighted by atomic mass is 19.2. The van der Waals surface area contributed by atoms with Gasteiger partial charge in [0.1, 0.15) is 0 Å². The largest absolute Gasteiger partial charge is 0.386 e. The summed E-state index contributed by atoms with van der Waals surface area (Å²) in [4.78, 5) is 20.7. The predicted octanol–water partition coefficient (Wildman–Crippen LogP) is 6.64. The number of nitrogens with one attached hydrogen (secondary N) is 2. The molecule has 5 nitrogen and oxygen atoms in total. The standard InChI is InChI=1S/C26H30F2N4O/c1-7-13-30-26(32-20-9-10-22(18(5)33)19(8-2)14-20)17(4)31-15-16(3)21-11-12-23(29-6)25(28)24(21)27/h7,9-15,29H,8H2,1-6H3,(H,30,32)/b13-7-,16-15+,31-17+. The number of halogens is 2. The number of anilines is 2. The van der Waals surface area contributed by atoms with Crippen LogP contribution in [0.15, 0.2) is 58.8 Å². The van der Waals surface area contributed by atoms with Crippen molar-refractivity contribution in [2.75, 3.05) is 17.7 Å². The SMILES string of the molecule is C\C=C/N=C(Nc1ccc(C(C)=O)c(CC)c1)\C(C)=N\C=C(/C)c1ccc(NC)c(F)c1F. The zero-order valence-electron chi connectivity index (χ0n) is 19.9. The zero-order chi connectivity index (χ0) is 24.5. The molecule has 0 aliphatic carbocycles. The maximum absolute atomic E-state index is 14.4. The first-order chi connectivity index (χ1) is 15.7. The van der Waals surface area contributed by atoms with Crippen molar-refractivity contribution in [3.05, 3.63) is 77.1 Å². The van der Waals surface area contributed by atoms with E-state index in [1.165, 1.54) is 25.4 Å². The molecule has 2 N–H and O–H groups in total. The molecule has 0 spiro atoms. The highest BCUT2D eigenvalue weighted by molar-refractivity contribution is 6.45. The van der Waals surface area contributed by atoms with Gasteiger partial charge in [-0.3, -0.25) is 9.79 Å². The first-order valence-corrected chi connectivity index (χ1v) is 10.7. The second kappa shape index (κ2) is 11.9. The van der Waals surface area contributed by atoms with Crippen LogP contribution in [0.2, 0.25) is 0 Å². The maximum Gasteiger partial charge on any atom is 0.182 e. The van der Waals surface area contributed by atoms with E-state index in [0.717, 1.165) is 17.7 Å². The van der Waals surface area contributed by atoms with Gasteiger partial charge in [0.05, 0.1) is 11.4 Å². The number of ketones is 1. The van der Waals surface area contributed by atoms with Crippen LogP contribution >= 0.6 is 0 Å². The van der Waals surface area contributed by atoms with E-state index in [2.05, 4.69) is 20.6 Å². The van der Waals surface area contributed by atoms with Crippen LogP contribution in [-0.2, 0) is 6.42 Å². The Balaban J connectivity index is 2.37. The van der Waals surface area contributed by atoms with E-state index in [9.17, 15) is 13.6 Å². The van der Waals surface area contributed by atoms with E-state index < -0.39 is 11.6 Å². The topological polar surface area (TPSA) is 65.8 Å². The molecule has 0 unspecified atom stereocenters. The number of hydrogen-bond donors (Lipinski definition) is 2. The summed E-state index contributed by atoms with van der Waals surface area (Å²) in [6, 6.07) is 8.52. The average molecular weight is 453 g/mol. The second-order valence-corrected chi connectivity index (χ2v) is 7.43. The maximum atomic E-state index is 14.4. The number of amidine groups is 1. The number of benzene rings is 2. The van der Waals surface area contributed by atoms with Gasteiger partial charge >= 0.3 is 0 Å². The van der Waals surface area contributed by atoms with E-state index in [1.807, 2.05) is 26.0 Å². The van der Waals surface area contributed by atoms with Crippen molar-refractivity contribution in [1.29, 1.82) is 0 Å². The average Bonchev–Trinajstić information content (AvgIpc) is 2.81. The number of carbonyl (C=O) groups excluding carboxylic acids is 1. The highest BCUT2D eigenvalue weighted by Crippen LogP contribution is 2.25. The van der Waals surface area contributed by atoms with Crippen molar-refractivity contribution in [2.24, 2.45) is 9.98 Å². The van der Waals surface area contributed by atoms with Crippen molar-refractivity contribution >= 4 is 34.3 Å². The molecule has 0 saturated heterocycles. The Bertz CT molecular complexity index is 1150. The molecular weight excluding hydrogens is 422 g/mol. The van der Waals surface area contributed by atoms with Crippen LogP contribution in [0.3, 0.4) is 0 Å². The zero-order valence-corrected chi connectivity index (χ0v) is 19.9. The molecule has 7 heteroatoms. The fraction of sp³-hybridized carbons (Fsp3) is 0.269. The molecule has 174 valence electrons. The summed E-state index contributed by atoms with van der Waals surface area (Å²) in [6.07, 6.45) is 5.62. The molecule has 0 amide bonds. The van der Waals surface area contributed by atoms with Crippen molar-refractivity contribution in [1.82, 2.24) is 0 Å². The second-order valence-electron chi connectivity index (χ2n) is 7.43. The van der Waals surface area contributed by atoms with Crippen LogP contribution in [0.25, 0.3) is 5.57 Å². The van der Waals surface area contributed by atoms with Gasteiger partial charge in [0.25, 0.3) is 0 Å². The molecule has 33 heavy (non-hydrogen) atoms. The quantitative estimate of drug-likeness (QED) is 0.268. The summed E-state index contributed by atoms with van der Waals surface area (Å²) in [5, 5.41) is 5.86. The van der Waals surface area contributed by atoms with Gasteiger partial charge in [-0.15, -0.1) is 0 Å². The number of carbonyl (C=O) groups is 1. The first kappa shape index (κ1) is 25.6. The summed E-state index contributed by atoms with van der Waals surface area (Å²) < 4.78 is 28.5. The van der Waals surface area contributed by atoms with Crippen molar-refractivity contribution < 1.29 is 13.6 Å². The lowest BCUT2D eigenvalue weighted by Gasteiger charge is -2.12. The van der Waals surface area contributed by atoms with Crippen LogP contribution in [0.1, 0.15) is 56.1 Å². The highest BCUT2D eigenvalue weighted by Gasteiger charge is 2.14. The lowest BCUT2D eigenvalue weighted by Crippen LogP contribution is -2.20. The molecule has 2 aromatic carbocycles. The Labute approximate surface area is 194 Å². The van der Waals surface area contributed by atoms with E-state index >= 15 is 0 Å². The van der Waals surface area contributed by atoms with Gasteiger partial charge in [-0.1, -0.05) is 13.0 Å². The van der Waals surface area contributed by atoms with Crippen LogP contribution in [-0.4, -0.2) is 24.4 Å². The Morgan fingerprint density at radius 2 is 1.73 bits per heavy atom. The van der Waals surface area contributed by atoms with Crippen LogP contribution in [0, 0.1) is 11.6 Å². The summed E-state index contributed by atoms with van der Waals surface area (Å²) >= 11 is 0. The molecule has 0 fully saturated rings. The van der Waals surface area contributed by atoms with Crippen molar-refractivity contribution in [3.8, 4) is 0 Å². The van der Waals surface area contributed by atoms with E-state index in [0.29, 0.717) is 22.7 Å². The molecule has 2 rings (SSSR count). The first-order valence-electron chi connectivity index (χ1n) is 10.7. The van der Waals surface area contributed by atoms with Gasteiger partial charge in [-0.25, -0.2) is 13.8 Å². The molecule has 0 radical (unpaired) electrons. The van der Waals surface area contributed by atoms with Gasteiger partial charge in [0.2, 0.25) is 0 Å². The summed E-state index contributed by atoms with van der Waals surface area (Å²) in [7, 11) is 1.53. The Kier molecular flexibility index (Phi) is 9.21. The van der Waals surface area contributed by atoms with E-state index in [4.69, 9.17) is 0 Å². The van der Waals surface area contributed by atoms with Gasteiger partial charge < -0.3 is 10.6 Å². The van der Waals surface area contributed by atoms with Crippen LogP contribution < -0.4 is 10.6 Å². The number of aryl methyl sites for hydroxylation is 1. The lowest BCUT2D eigenvalue weighted by molar-refractivity contribution is 0.101. The van der Waals surface area contributed by atoms with E-state index in [1.54, 1.807) is 39.1 Å². The number of hydrogen-bond acceptors (Lipinski definition) is 4. The number of rotatable bonds is 8. The summed E-state index contributed by atoms with van der Waals surface area (Å²) in [6.45, 7) is 8.82. The molecular formula is C26H30F2N4O. The smallest absolute Gasteiger partial charge is 0.182 e. The number of allylic oxidation sites excluding steroid dienone is 2. The molecule has 0 heterocycles. The summed E-state index contributed by atoms with van der Waals surface area (Å²) in [5.74, 6) is -1.35. The number of nitrogens with zero attached hydrogens (tertiary/aromatic N) is 2. The van der Waals surface area contributed by atoms with Crippen LogP contribution in [0.4, 0.5) is 20.2 Å². The normalized spacial score (nSPS) is 12.9. The van der Waals surface area contributed by atoms with Crippen LogP contribution in [0.5, 0.6) is 0 Å². The molecule has 0 aromatic heterocycles. The summed E-state index contributed by atoms with van der Waals surface area (Å²) in [5.41, 5.74) is 3.65. The Hall–Kier alpha value is -3.61. The van der Waals surface area contributed by atoms with Crippen molar-refractivity contribution in [3.63, 3.8) is 0 Å². The van der Waals surface area contributed by atoms with E-state index in [-0.39, 0.29) is 17.0 Å². The van der Waals surface area contributed by atoms with Gasteiger partial charge in [0.15, 0.2) is 23.3 Å². The third kappa shape index (κ3) is 6.44. The fourth-order valence-corrected chi connectivity index (χ4v) is 3.18. The minimum absolute atomic E-state index is 0.0194. The van der Waals surface area contributed by atoms with Gasteiger partial charge in [0, 0.05) is 36.3 Å². The molecule has 0 bridgehead atoms. The fourth-order valence-electron chi connectivity index (χ4n) is 3.18. The third-order valence-electron chi connectivity index (χ3n) is 5.05. The predicted molar refractivity (Wildman–Crippen MR) is 134 cm³/mol. The number of Topliss-reactive ketones (excluding diaryl/α,β-unsaturated/α-hetero) is 1. The number of aliphatic imine (C=N–C) groups is 2. The van der Waals surface area contributed by atoms with Crippen molar-refractivity contribution in [2.45, 2.75) is 41.0 Å². The van der Waals surface area contributed by atoms with Gasteiger partial charge in [-0.2, -0.15) is 0 Å². The monoisotopic (exact) mass is 452 g/mol. The minimum atomic E-state index is -0.929. The Morgan fingerprint density at radius 3 is 2.33 bits per heavy atom. The molecule has 2 aromatic rings. The Morgan fingerprint density at radius 1 is 1.03 bits per heavy atom.